The van der Waals surface area contributed by atoms with Crippen molar-refractivity contribution in [2.45, 2.75) is 13.3 Å². The summed E-state index contributed by atoms with van der Waals surface area (Å²) in [6, 6.07) is 0. The van der Waals surface area contributed by atoms with Crippen molar-refractivity contribution in [3.63, 3.8) is 0 Å². The van der Waals surface area contributed by atoms with E-state index in [-0.39, 0.29) is 12.3 Å². The van der Waals surface area contributed by atoms with Gasteiger partial charge in [0, 0.05) is 0 Å². The van der Waals surface area contributed by atoms with E-state index in [1.54, 1.807) is 6.92 Å². The third-order valence-corrected chi connectivity index (χ3v) is 1.94. The van der Waals surface area contributed by atoms with Crippen LogP contribution in [0.25, 0.3) is 0 Å². The fourth-order valence-electron chi connectivity index (χ4n) is 1.26. The number of nitrogens with zero attached hydrogens (tertiary/aromatic N) is 1. The average molecular weight is 247 g/mol. The monoisotopic (exact) mass is 247 g/mol. The molecule has 94 valence electrons. The Labute approximate surface area is 96.0 Å². The van der Waals surface area contributed by atoms with Crippen LogP contribution in [0.4, 0.5) is 8.78 Å². The molecule has 0 saturated carbocycles. The number of rotatable bonds is 4. The van der Waals surface area contributed by atoms with Gasteiger partial charge in [-0.25, -0.2) is 18.6 Å². The van der Waals surface area contributed by atoms with Gasteiger partial charge in [-0.15, -0.1) is 0 Å². The Hall–Kier alpha value is -1.92. The normalized spacial score (nSPS) is 10.4. The van der Waals surface area contributed by atoms with E-state index in [9.17, 15) is 18.7 Å². The van der Waals surface area contributed by atoms with Crippen LogP contribution >= 0.6 is 0 Å². The van der Waals surface area contributed by atoms with Crippen molar-refractivity contribution in [3.8, 4) is 11.5 Å². The van der Waals surface area contributed by atoms with Crippen LogP contribution in [0.1, 0.15) is 29.4 Å². The first kappa shape index (κ1) is 13.1. The lowest BCUT2D eigenvalue weighted by Gasteiger charge is -2.12. The third kappa shape index (κ3) is 2.61. The maximum absolute atomic E-state index is 12.7. The molecular formula is C10H11F2NO4. The number of methoxy groups -OCH3 is 1. The van der Waals surface area contributed by atoms with Crippen molar-refractivity contribution in [1.82, 2.24) is 4.98 Å². The Morgan fingerprint density at radius 2 is 2.24 bits per heavy atom. The van der Waals surface area contributed by atoms with Crippen molar-refractivity contribution in [2.24, 2.45) is 0 Å². The van der Waals surface area contributed by atoms with Crippen molar-refractivity contribution in [1.29, 1.82) is 0 Å². The molecule has 0 saturated heterocycles. The van der Waals surface area contributed by atoms with Gasteiger partial charge in [-0.3, -0.25) is 0 Å². The molecule has 0 radical (unpaired) electrons. The van der Waals surface area contributed by atoms with Gasteiger partial charge in [0.25, 0.3) is 6.43 Å². The highest BCUT2D eigenvalue weighted by Gasteiger charge is 2.26. The van der Waals surface area contributed by atoms with E-state index in [1.165, 1.54) is 0 Å². The number of esters is 1. The largest absolute Gasteiger partial charge is 0.506 e. The first-order valence-electron chi connectivity index (χ1n) is 4.74. The van der Waals surface area contributed by atoms with Gasteiger partial charge in [-0.05, 0) is 6.92 Å². The predicted octanol–water partition coefficient (Wildman–Crippen LogP) is 1.91. The van der Waals surface area contributed by atoms with E-state index in [4.69, 9.17) is 0 Å². The molecule has 0 spiro atoms. The third-order valence-electron chi connectivity index (χ3n) is 1.94. The average Bonchev–Trinajstić information content (AvgIpc) is 2.27. The molecule has 0 aliphatic carbocycles. The Balaban J connectivity index is 3.32. The highest BCUT2D eigenvalue weighted by Crippen LogP contribution is 2.37. The van der Waals surface area contributed by atoms with Crippen LogP contribution in [0.2, 0.25) is 0 Å². The molecule has 1 heterocycles. The van der Waals surface area contributed by atoms with Gasteiger partial charge in [-0.1, -0.05) is 0 Å². The number of ether oxygens (including phenoxy) is 2. The molecule has 7 heteroatoms. The first-order valence-corrected chi connectivity index (χ1v) is 4.74. The second kappa shape index (κ2) is 5.42. The highest BCUT2D eigenvalue weighted by atomic mass is 19.3. The van der Waals surface area contributed by atoms with Crippen LogP contribution in [-0.4, -0.2) is 29.8 Å². The van der Waals surface area contributed by atoms with E-state index in [0.717, 1.165) is 13.3 Å². The van der Waals surface area contributed by atoms with Crippen LogP contribution in [-0.2, 0) is 4.74 Å². The Bertz CT molecular complexity index is 423. The molecule has 0 unspecified atom stereocenters. The van der Waals surface area contributed by atoms with Crippen LogP contribution in [0.5, 0.6) is 11.5 Å². The minimum Gasteiger partial charge on any atom is -0.506 e. The van der Waals surface area contributed by atoms with Crippen LogP contribution in [0, 0.1) is 0 Å². The van der Waals surface area contributed by atoms with Gasteiger partial charge in [0.1, 0.15) is 11.3 Å². The lowest BCUT2D eigenvalue weighted by Crippen LogP contribution is -2.11. The number of aromatic hydroxyl groups is 1. The smallest absolute Gasteiger partial charge is 0.360 e. The summed E-state index contributed by atoms with van der Waals surface area (Å²) in [6.45, 7) is 1.65. The van der Waals surface area contributed by atoms with E-state index in [0.29, 0.717) is 0 Å². The van der Waals surface area contributed by atoms with Gasteiger partial charge >= 0.3 is 5.97 Å². The van der Waals surface area contributed by atoms with Gasteiger partial charge in [0.15, 0.2) is 11.4 Å². The second-order valence-corrected chi connectivity index (χ2v) is 2.96. The second-order valence-electron chi connectivity index (χ2n) is 2.96. The molecule has 1 N–H and O–H groups in total. The lowest BCUT2D eigenvalue weighted by molar-refractivity contribution is 0.0514. The topological polar surface area (TPSA) is 68.7 Å². The molecule has 0 aliphatic rings. The van der Waals surface area contributed by atoms with E-state index < -0.39 is 29.5 Å². The van der Waals surface area contributed by atoms with E-state index >= 15 is 0 Å². The molecule has 1 aromatic heterocycles. The molecule has 1 rings (SSSR count). The van der Waals surface area contributed by atoms with Crippen LogP contribution in [0.3, 0.4) is 0 Å². The van der Waals surface area contributed by atoms with Crippen molar-refractivity contribution in [2.75, 3.05) is 13.7 Å². The molecular weight excluding hydrogens is 236 g/mol. The predicted molar refractivity (Wildman–Crippen MR) is 53.4 cm³/mol. The zero-order valence-electron chi connectivity index (χ0n) is 9.24. The molecule has 17 heavy (non-hydrogen) atoms. The maximum atomic E-state index is 12.7. The molecule has 0 bridgehead atoms. The number of halogens is 2. The quantitative estimate of drug-likeness (QED) is 0.823. The number of pyridine rings is 1. The Kier molecular flexibility index (Phi) is 4.19. The van der Waals surface area contributed by atoms with E-state index in [1.807, 2.05) is 0 Å². The molecule has 0 amide bonds. The van der Waals surface area contributed by atoms with Crippen molar-refractivity contribution >= 4 is 5.97 Å². The minimum atomic E-state index is -2.99. The summed E-state index contributed by atoms with van der Waals surface area (Å²) < 4.78 is 34.7. The fourth-order valence-corrected chi connectivity index (χ4v) is 1.26. The zero-order chi connectivity index (χ0) is 13.0. The van der Waals surface area contributed by atoms with Gasteiger partial charge in [0.2, 0.25) is 0 Å². The molecule has 0 aromatic carbocycles. The standard InChI is InChI=1S/C10H11F2NO4/c1-3-17-10(15)7-8(16-2)6(9(11)12)5(14)4-13-7/h4,9,14H,3H2,1-2H3. The Morgan fingerprint density at radius 1 is 1.59 bits per heavy atom. The maximum Gasteiger partial charge on any atom is 0.360 e. The fraction of sp³-hybridized carbons (Fsp3) is 0.400. The summed E-state index contributed by atoms with van der Waals surface area (Å²) in [5, 5.41) is 9.25. The number of carbonyl (C=O) groups excluding carboxylic acids is 1. The van der Waals surface area contributed by atoms with Crippen LogP contribution in [0.15, 0.2) is 6.20 Å². The molecule has 0 fully saturated rings. The molecule has 0 atom stereocenters. The van der Waals surface area contributed by atoms with Gasteiger partial charge in [-0.2, -0.15) is 0 Å². The van der Waals surface area contributed by atoms with Crippen molar-refractivity contribution in [3.05, 3.63) is 17.5 Å². The number of carbonyl (C=O) groups is 1. The summed E-state index contributed by atoms with van der Waals surface area (Å²) in [4.78, 5) is 14.9. The summed E-state index contributed by atoms with van der Waals surface area (Å²) in [6.07, 6.45) is -2.22. The van der Waals surface area contributed by atoms with Crippen LogP contribution < -0.4 is 4.74 Å². The number of aromatic nitrogens is 1. The van der Waals surface area contributed by atoms with Gasteiger partial charge in [0.05, 0.1) is 19.9 Å². The summed E-state index contributed by atoms with van der Waals surface area (Å²) >= 11 is 0. The van der Waals surface area contributed by atoms with Gasteiger partial charge < -0.3 is 14.6 Å². The first-order chi connectivity index (χ1) is 8.02. The number of alkyl halides is 2. The summed E-state index contributed by atoms with van der Waals surface area (Å²) in [5.74, 6) is -2.09. The summed E-state index contributed by atoms with van der Waals surface area (Å²) in [5.41, 5.74) is -1.16. The highest BCUT2D eigenvalue weighted by molar-refractivity contribution is 5.91. The van der Waals surface area contributed by atoms with E-state index in [2.05, 4.69) is 14.5 Å². The molecule has 0 aliphatic heterocycles. The SMILES string of the molecule is CCOC(=O)c1ncc(O)c(C(F)F)c1OC. The molecule has 5 nitrogen and oxygen atoms in total. The van der Waals surface area contributed by atoms with Crippen molar-refractivity contribution < 1.29 is 28.2 Å². The Morgan fingerprint density at radius 3 is 2.71 bits per heavy atom. The summed E-state index contributed by atoms with van der Waals surface area (Å²) in [7, 11) is 1.10. The number of hydrogen-bond donors (Lipinski definition) is 1. The lowest BCUT2D eigenvalue weighted by atomic mass is 10.2. The minimum absolute atomic E-state index is 0.0779. The molecule has 1 aromatic rings. The zero-order valence-corrected chi connectivity index (χ0v) is 9.24. The number of hydrogen-bond acceptors (Lipinski definition) is 5.